The molecule has 1 atom stereocenters. The molecule has 0 saturated carbocycles. The molecule has 1 aromatic heterocycles. The van der Waals surface area contributed by atoms with Crippen molar-refractivity contribution < 1.29 is 14.3 Å². The molecule has 0 radical (unpaired) electrons. The number of carboxylic acids is 1. The summed E-state index contributed by atoms with van der Waals surface area (Å²) in [4.78, 5) is 10.6. The predicted molar refractivity (Wildman–Crippen MR) is 70.7 cm³/mol. The molecule has 4 heteroatoms. The molecule has 4 nitrogen and oxygen atoms in total. The van der Waals surface area contributed by atoms with Gasteiger partial charge in [0, 0.05) is 0 Å². The SMILES string of the molecule is CCCCC(CC)CNCc1ccc(C(=O)O)o1. The number of hydrogen-bond acceptors (Lipinski definition) is 3. The smallest absolute Gasteiger partial charge is 0.371 e. The number of aromatic carboxylic acids is 1. The minimum absolute atomic E-state index is 0.00447. The molecule has 0 bridgehead atoms. The summed E-state index contributed by atoms with van der Waals surface area (Å²) < 4.78 is 5.18. The highest BCUT2D eigenvalue weighted by molar-refractivity contribution is 5.84. The topological polar surface area (TPSA) is 62.5 Å². The second-order valence-corrected chi connectivity index (χ2v) is 4.62. The van der Waals surface area contributed by atoms with Crippen molar-refractivity contribution in [3.8, 4) is 0 Å². The molecule has 1 unspecified atom stereocenters. The van der Waals surface area contributed by atoms with Gasteiger partial charge in [-0.05, 0) is 31.0 Å². The summed E-state index contributed by atoms with van der Waals surface area (Å²) >= 11 is 0. The normalized spacial score (nSPS) is 12.6. The molecule has 0 aromatic carbocycles. The first-order valence-corrected chi connectivity index (χ1v) is 6.70. The molecule has 0 aliphatic heterocycles. The van der Waals surface area contributed by atoms with Crippen molar-refractivity contribution in [2.24, 2.45) is 5.92 Å². The molecule has 0 aliphatic carbocycles. The van der Waals surface area contributed by atoms with E-state index in [1.165, 1.54) is 31.7 Å². The van der Waals surface area contributed by atoms with E-state index in [1.807, 2.05) is 0 Å². The summed E-state index contributed by atoms with van der Waals surface area (Å²) in [5.41, 5.74) is 0. The fraction of sp³-hybridized carbons (Fsp3) is 0.643. The molecule has 0 aliphatic rings. The van der Waals surface area contributed by atoms with Crippen LogP contribution < -0.4 is 5.32 Å². The van der Waals surface area contributed by atoms with Crippen molar-refractivity contribution >= 4 is 5.97 Å². The molecular weight excluding hydrogens is 230 g/mol. The van der Waals surface area contributed by atoms with E-state index in [0.29, 0.717) is 18.2 Å². The molecule has 1 aromatic rings. The van der Waals surface area contributed by atoms with Crippen LogP contribution in [0.5, 0.6) is 0 Å². The number of nitrogens with one attached hydrogen (secondary N) is 1. The highest BCUT2D eigenvalue weighted by Crippen LogP contribution is 2.12. The van der Waals surface area contributed by atoms with E-state index < -0.39 is 5.97 Å². The van der Waals surface area contributed by atoms with Crippen LogP contribution in [-0.4, -0.2) is 17.6 Å². The standard InChI is InChI=1S/C14H23NO3/c1-3-5-6-11(4-2)9-15-10-12-7-8-13(18-12)14(16)17/h7-8,11,15H,3-6,9-10H2,1-2H3,(H,16,17). The molecule has 102 valence electrons. The molecule has 0 fully saturated rings. The highest BCUT2D eigenvalue weighted by Gasteiger charge is 2.09. The van der Waals surface area contributed by atoms with Gasteiger partial charge in [-0.25, -0.2) is 4.79 Å². The average Bonchev–Trinajstić information content (AvgIpc) is 2.82. The maximum atomic E-state index is 10.6. The van der Waals surface area contributed by atoms with E-state index in [0.717, 1.165) is 6.54 Å². The lowest BCUT2D eigenvalue weighted by molar-refractivity contribution is 0.0660. The Labute approximate surface area is 108 Å². The lowest BCUT2D eigenvalue weighted by Gasteiger charge is -2.14. The molecule has 0 saturated heterocycles. The largest absolute Gasteiger partial charge is 0.475 e. The van der Waals surface area contributed by atoms with Crippen LogP contribution in [0, 0.1) is 5.92 Å². The molecular formula is C14H23NO3. The zero-order valence-corrected chi connectivity index (χ0v) is 11.2. The lowest BCUT2D eigenvalue weighted by atomic mass is 9.99. The Morgan fingerprint density at radius 2 is 2.22 bits per heavy atom. The number of carboxylic acid groups (broad SMARTS) is 1. The van der Waals surface area contributed by atoms with Gasteiger partial charge >= 0.3 is 5.97 Å². The predicted octanol–water partition coefficient (Wildman–Crippen LogP) is 3.28. The van der Waals surface area contributed by atoms with Crippen LogP contribution >= 0.6 is 0 Å². The first kappa shape index (κ1) is 14.8. The first-order chi connectivity index (χ1) is 8.67. The van der Waals surface area contributed by atoms with Crippen LogP contribution in [0.25, 0.3) is 0 Å². The Hall–Kier alpha value is -1.29. The number of furan rings is 1. The van der Waals surface area contributed by atoms with E-state index in [1.54, 1.807) is 6.07 Å². The Bertz CT molecular complexity index is 360. The van der Waals surface area contributed by atoms with Gasteiger partial charge in [0.2, 0.25) is 5.76 Å². The van der Waals surface area contributed by atoms with Crippen LogP contribution in [0.4, 0.5) is 0 Å². The van der Waals surface area contributed by atoms with Gasteiger partial charge < -0.3 is 14.8 Å². The van der Waals surface area contributed by atoms with E-state index in [2.05, 4.69) is 19.2 Å². The van der Waals surface area contributed by atoms with Crippen LogP contribution in [0.2, 0.25) is 0 Å². The summed E-state index contributed by atoms with van der Waals surface area (Å²) in [5, 5.41) is 12.1. The van der Waals surface area contributed by atoms with E-state index >= 15 is 0 Å². The Balaban J connectivity index is 2.28. The van der Waals surface area contributed by atoms with Gasteiger partial charge in [0.15, 0.2) is 0 Å². The van der Waals surface area contributed by atoms with Crippen molar-refractivity contribution in [2.45, 2.75) is 46.1 Å². The summed E-state index contributed by atoms with van der Waals surface area (Å²) in [7, 11) is 0. The van der Waals surface area contributed by atoms with Gasteiger partial charge in [-0.3, -0.25) is 0 Å². The summed E-state index contributed by atoms with van der Waals surface area (Å²) in [6.45, 7) is 5.96. The maximum Gasteiger partial charge on any atom is 0.371 e. The molecule has 1 heterocycles. The maximum absolute atomic E-state index is 10.6. The third-order valence-electron chi connectivity index (χ3n) is 3.15. The summed E-state index contributed by atoms with van der Waals surface area (Å²) in [6.07, 6.45) is 4.92. The van der Waals surface area contributed by atoms with Crippen LogP contribution in [0.1, 0.15) is 55.8 Å². The number of hydrogen-bond donors (Lipinski definition) is 2. The third-order valence-corrected chi connectivity index (χ3v) is 3.15. The van der Waals surface area contributed by atoms with Crippen molar-refractivity contribution in [2.75, 3.05) is 6.54 Å². The van der Waals surface area contributed by atoms with Gasteiger partial charge in [0.05, 0.1) is 6.54 Å². The number of carbonyl (C=O) groups is 1. The van der Waals surface area contributed by atoms with Gasteiger partial charge in [-0.1, -0.05) is 33.1 Å². The second kappa shape index (κ2) is 7.93. The van der Waals surface area contributed by atoms with Crippen LogP contribution in [0.3, 0.4) is 0 Å². The van der Waals surface area contributed by atoms with Crippen molar-refractivity contribution in [1.82, 2.24) is 5.32 Å². The quantitative estimate of drug-likeness (QED) is 0.709. The number of rotatable bonds is 9. The summed E-state index contributed by atoms with van der Waals surface area (Å²) in [6, 6.07) is 3.21. The Kier molecular flexibility index (Phi) is 6.50. The van der Waals surface area contributed by atoms with Gasteiger partial charge in [0.25, 0.3) is 0 Å². The minimum atomic E-state index is -1.02. The first-order valence-electron chi connectivity index (χ1n) is 6.70. The zero-order chi connectivity index (χ0) is 13.4. The minimum Gasteiger partial charge on any atom is -0.475 e. The van der Waals surface area contributed by atoms with Gasteiger partial charge in [0.1, 0.15) is 5.76 Å². The monoisotopic (exact) mass is 253 g/mol. The fourth-order valence-corrected chi connectivity index (χ4v) is 1.93. The number of unbranched alkanes of at least 4 members (excludes halogenated alkanes) is 1. The van der Waals surface area contributed by atoms with Crippen molar-refractivity contribution in [3.05, 3.63) is 23.7 Å². The van der Waals surface area contributed by atoms with Crippen LogP contribution in [0.15, 0.2) is 16.5 Å². The highest BCUT2D eigenvalue weighted by atomic mass is 16.4. The van der Waals surface area contributed by atoms with Crippen molar-refractivity contribution in [1.29, 1.82) is 0 Å². The summed E-state index contributed by atoms with van der Waals surface area (Å²) in [5.74, 6) is 0.358. The molecule has 0 spiro atoms. The van der Waals surface area contributed by atoms with E-state index in [-0.39, 0.29) is 5.76 Å². The van der Waals surface area contributed by atoms with Gasteiger partial charge in [-0.15, -0.1) is 0 Å². The molecule has 0 amide bonds. The zero-order valence-electron chi connectivity index (χ0n) is 11.2. The molecule has 18 heavy (non-hydrogen) atoms. The average molecular weight is 253 g/mol. The van der Waals surface area contributed by atoms with Crippen molar-refractivity contribution in [3.63, 3.8) is 0 Å². The third kappa shape index (κ3) is 4.92. The Morgan fingerprint density at radius 3 is 2.78 bits per heavy atom. The van der Waals surface area contributed by atoms with E-state index in [9.17, 15) is 4.79 Å². The van der Waals surface area contributed by atoms with Gasteiger partial charge in [-0.2, -0.15) is 0 Å². The van der Waals surface area contributed by atoms with E-state index in [4.69, 9.17) is 9.52 Å². The second-order valence-electron chi connectivity index (χ2n) is 4.62. The fourth-order valence-electron chi connectivity index (χ4n) is 1.93. The van der Waals surface area contributed by atoms with Crippen LogP contribution in [-0.2, 0) is 6.54 Å². The Morgan fingerprint density at radius 1 is 1.44 bits per heavy atom. The molecule has 1 rings (SSSR count). The lowest BCUT2D eigenvalue weighted by Crippen LogP contribution is -2.22. The molecule has 2 N–H and O–H groups in total.